The molecule has 4 rings (SSSR count). The van der Waals surface area contributed by atoms with E-state index in [0.717, 1.165) is 27.6 Å². The van der Waals surface area contributed by atoms with Gasteiger partial charge in [0.1, 0.15) is 5.70 Å². The Morgan fingerprint density at radius 2 is 1.94 bits per heavy atom. The van der Waals surface area contributed by atoms with Crippen molar-refractivity contribution in [1.29, 1.82) is 0 Å². The van der Waals surface area contributed by atoms with Crippen molar-refractivity contribution in [2.75, 3.05) is 27.3 Å². The highest BCUT2D eigenvalue weighted by molar-refractivity contribution is 6.08. The molecule has 2 aromatic carbocycles. The van der Waals surface area contributed by atoms with E-state index >= 15 is 0 Å². The van der Waals surface area contributed by atoms with Crippen molar-refractivity contribution in [3.63, 3.8) is 0 Å². The SMILES string of the molecule is C=C(NC(=O)C(=C)N1Cc2c(cccc2-c2ccc3nn(C)cc3c2)C1=O)C(=O)N(C)CCOC. The minimum atomic E-state index is -0.664. The molecule has 0 aliphatic carbocycles. The van der Waals surface area contributed by atoms with E-state index in [9.17, 15) is 14.4 Å². The van der Waals surface area contributed by atoms with E-state index in [1.807, 2.05) is 43.6 Å². The number of carbonyl (C=O) groups excluding carboxylic acids is 3. The van der Waals surface area contributed by atoms with Gasteiger partial charge in [-0.25, -0.2) is 0 Å². The lowest BCUT2D eigenvalue weighted by Gasteiger charge is -2.21. The van der Waals surface area contributed by atoms with Crippen molar-refractivity contribution < 1.29 is 19.1 Å². The van der Waals surface area contributed by atoms with Crippen LogP contribution in [0.25, 0.3) is 22.0 Å². The van der Waals surface area contributed by atoms with Gasteiger partial charge >= 0.3 is 0 Å². The molecule has 3 aromatic rings. The van der Waals surface area contributed by atoms with E-state index in [4.69, 9.17) is 4.74 Å². The predicted molar refractivity (Wildman–Crippen MR) is 132 cm³/mol. The van der Waals surface area contributed by atoms with Crippen molar-refractivity contribution in [3.8, 4) is 11.1 Å². The monoisotopic (exact) mass is 473 g/mol. The van der Waals surface area contributed by atoms with E-state index < -0.39 is 11.8 Å². The van der Waals surface area contributed by atoms with Crippen molar-refractivity contribution in [3.05, 3.63) is 78.3 Å². The second-order valence-corrected chi connectivity index (χ2v) is 8.40. The first kappa shape index (κ1) is 23.9. The van der Waals surface area contributed by atoms with Gasteiger partial charge in [-0.15, -0.1) is 0 Å². The molecule has 2 heterocycles. The molecule has 180 valence electrons. The van der Waals surface area contributed by atoms with Gasteiger partial charge in [-0.2, -0.15) is 5.10 Å². The molecule has 1 aliphatic rings. The smallest absolute Gasteiger partial charge is 0.271 e. The van der Waals surface area contributed by atoms with Crippen LogP contribution in [0.3, 0.4) is 0 Å². The summed E-state index contributed by atoms with van der Waals surface area (Å²) in [5.74, 6) is -1.44. The summed E-state index contributed by atoms with van der Waals surface area (Å²) in [6.45, 7) is 8.37. The number of amides is 3. The summed E-state index contributed by atoms with van der Waals surface area (Å²) < 4.78 is 6.72. The fourth-order valence-electron chi connectivity index (χ4n) is 4.08. The van der Waals surface area contributed by atoms with Gasteiger partial charge in [-0.05, 0) is 34.9 Å². The number of likely N-dealkylation sites (N-methyl/N-ethyl adjacent to an activating group) is 1. The van der Waals surface area contributed by atoms with E-state index in [1.165, 1.54) is 16.9 Å². The first-order chi connectivity index (χ1) is 16.7. The van der Waals surface area contributed by atoms with Crippen molar-refractivity contribution in [2.45, 2.75) is 6.54 Å². The normalized spacial score (nSPS) is 12.5. The lowest BCUT2D eigenvalue weighted by Crippen LogP contribution is -2.40. The Morgan fingerprint density at radius 3 is 2.69 bits per heavy atom. The predicted octanol–water partition coefficient (Wildman–Crippen LogP) is 2.44. The van der Waals surface area contributed by atoms with E-state index in [1.54, 1.807) is 17.8 Å². The number of hydrogen-bond donors (Lipinski definition) is 1. The molecule has 0 saturated carbocycles. The summed E-state index contributed by atoms with van der Waals surface area (Å²) in [5, 5.41) is 7.86. The van der Waals surface area contributed by atoms with E-state index in [0.29, 0.717) is 18.7 Å². The second kappa shape index (κ2) is 9.55. The quantitative estimate of drug-likeness (QED) is 0.507. The summed E-state index contributed by atoms with van der Waals surface area (Å²) in [7, 11) is 4.98. The Kier molecular flexibility index (Phi) is 6.52. The molecule has 9 nitrogen and oxygen atoms in total. The van der Waals surface area contributed by atoms with Gasteiger partial charge in [0.15, 0.2) is 0 Å². The average Bonchev–Trinajstić information content (AvgIpc) is 3.39. The molecule has 0 radical (unpaired) electrons. The van der Waals surface area contributed by atoms with E-state index in [-0.39, 0.29) is 23.8 Å². The molecule has 0 unspecified atom stereocenters. The topological polar surface area (TPSA) is 96.8 Å². The highest BCUT2D eigenvalue weighted by Crippen LogP contribution is 2.35. The number of nitrogens with one attached hydrogen (secondary N) is 1. The minimum Gasteiger partial charge on any atom is -0.383 e. The standard InChI is InChI=1S/C26H27N5O4/c1-16(25(33)29(3)11-12-35-5)27-24(32)17(2)31-15-22-20(7-6-8-21(22)26(31)34)18-9-10-23-19(13-18)14-30(4)28-23/h6-10,13-14H,1-2,11-12,15H2,3-5H3,(H,27,32). The molecule has 0 fully saturated rings. The fourth-order valence-corrected chi connectivity index (χ4v) is 4.08. The highest BCUT2D eigenvalue weighted by atomic mass is 16.5. The van der Waals surface area contributed by atoms with Crippen LogP contribution in [0, 0.1) is 0 Å². The summed E-state index contributed by atoms with van der Waals surface area (Å²) >= 11 is 0. The van der Waals surface area contributed by atoms with Crippen molar-refractivity contribution in [2.24, 2.45) is 7.05 Å². The molecule has 0 spiro atoms. The van der Waals surface area contributed by atoms with Crippen molar-refractivity contribution in [1.82, 2.24) is 24.9 Å². The van der Waals surface area contributed by atoms with Gasteiger partial charge < -0.3 is 15.0 Å². The number of fused-ring (bicyclic) bond motifs is 2. The van der Waals surface area contributed by atoms with E-state index in [2.05, 4.69) is 23.6 Å². The summed E-state index contributed by atoms with van der Waals surface area (Å²) in [5.41, 5.74) is 3.88. The molecule has 0 saturated heterocycles. The Balaban J connectivity index is 1.52. The van der Waals surface area contributed by atoms with Gasteiger partial charge in [0.25, 0.3) is 17.7 Å². The largest absolute Gasteiger partial charge is 0.383 e. The Morgan fingerprint density at radius 1 is 1.20 bits per heavy atom. The van der Waals surface area contributed by atoms with Crippen LogP contribution in [0.1, 0.15) is 15.9 Å². The number of nitrogens with zero attached hydrogens (tertiary/aromatic N) is 4. The van der Waals surface area contributed by atoms with Gasteiger partial charge in [0.05, 0.1) is 24.4 Å². The molecule has 0 atom stereocenters. The van der Waals surface area contributed by atoms with Crippen LogP contribution in [0.4, 0.5) is 0 Å². The van der Waals surface area contributed by atoms with Crippen molar-refractivity contribution >= 4 is 28.6 Å². The van der Waals surface area contributed by atoms with Crippen LogP contribution in [0.15, 0.2) is 67.1 Å². The lowest BCUT2D eigenvalue weighted by molar-refractivity contribution is -0.128. The van der Waals surface area contributed by atoms with Crippen LogP contribution in [-0.2, 0) is 27.9 Å². The highest BCUT2D eigenvalue weighted by Gasteiger charge is 2.33. The number of aryl methyl sites for hydroxylation is 1. The molecular weight excluding hydrogens is 446 g/mol. The summed E-state index contributed by atoms with van der Waals surface area (Å²) in [4.78, 5) is 41.1. The molecule has 35 heavy (non-hydrogen) atoms. The molecule has 1 aliphatic heterocycles. The lowest BCUT2D eigenvalue weighted by atomic mass is 9.96. The van der Waals surface area contributed by atoms with Gasteiger partial charge in [-0.1, -0.05) is 31.4 Å². The number of benzene rings is 2. The number of rotatable bonds is 8. The van der Waals surface area contributed by atoms with Crippen LogP contribution in [0.2, 0.25) is 0 Å². The third-order valence-electron chi connectivity index (χ3n) is 5.99. The molecule has 0 bridgehead atoms. The Bertz CT molecular complexity index is 1370. The third-order valence-corrected chi connectivity index (χ3v) is 5.99. The third kappa shape index (κ3) is 4.58. The summed E-state index contributed by atoms with van der Waals surface area (Å²) in [6, 6.07) is 11.4. The maximum absolute atomic E-state index is 13.1. The number of methoxy groups -OCH3 is 1. The molecule has 9 heteroatoms. The first-order valence-corrected chi connectivity index (χ1v) is 11.0. The molecule has 1 N–H and O–H groups in total. The number of aromatic nitrogens is 2. The Hall–Kier alpha value is -4.24. The Labute approximate surface area is 203 Å². The molecular formula is C26H27N5O4. The summed E-state index contributed by atoms with van der Waals surface area (Å²) in [6.07, 6.45) is 1.94. The zero-order valence-electron chi connectivity index (χ0n) is 20.0. The zero-order valence-corrected chi connectivity index (χ0v) is 20.0. The van der Waals surface area contributed by atoms with Gasteiger partial charge in [0.2, 0.25) is 0 Å². The molecule has 3 amide bonds. The number of ether oxygens (including phenoxy) is 1. The number of hydrogen-bond acceptors (Lipinski definition) is 5. The number of carbonyl (C=O) groups is 3. The van der Waals surface area contributed by atoms with Crippen LogP contribution < -0.4 is 5.32 Å². The minimum absolute atomic E-state index is 0.0617. The maximum atomic E-state index is 13.1. The fraction of sp³-hybridized carbons (Fsp3) is 0.231. The van der Waals surface area contributed by atoms with Crippen LogP contribution in [-0.4, -0.2) is 64.6 Å². The first-order valence-electron chi connectivity index (χ1n) is 11.0. The van der Waals surface area contributed by atoms with Gasteiger partial charge in [0, 0.05) is 44.9 Å². The second-order valence-electron chi connectivity index (χ2n) is 8.40. The van der Waals surface area contributed by atoms with Crippen LogP contribution >= 0.6 is 0 Å². The molecule has 1 aromatic heterocycles. The van der Waals surface area contributed by atoms with Crippen LogP contribution in [0.5, 0.6) is 0 Å². The van der Waals surface area contributed by atoms with Gasteiger partial charge in [-0.3, -0.25) is 24.0 Å². The zero-order chi connectivity index (χ0) is 25.3. The average molecular weight is 474 g/mol. The maximum Gasteiger partial charge on any atom is 0.271 e.